The first-order chi connectivity index (χ1) is 10.2. The number of benzene rings is 1. The van der Waals surface area contributed by atoms with Gasteiger partial charge in [-0.05, 0) is 95.8 Å². The first-order valence-corrected chi connectivity index (χ1v) is 8.84. The Morgan fingerprint density at radius 2 is 1.76 bits per heavy atom. The molecule has 0 aromatic heterocycles. The van der Waals surface area contributed by atoms with Crippen LogP contribution in [0.25, 0.3) is 0 Å². The van der Waals surface area contributed by atoms with Crippen molar-refractivity contribution in [1.29, 1.82) is 5.26 Å². The SMILES string of the molecule is N#Cc1ccc(OCC2C3CC4CC(C3)CC2C4)c(Br)c1. The standard InChI is InChI=1S/C18H20BrNO/c19-17-8-11(9-20)1-2-18(17)21-10-16-14-4-12-3-13(6-14)7-15(16)5-12/h1-2,8,12-16H,3-7,10H2. The molecule has 0 atom stereocenters. The highest BCUT2D eigenvalue weighted by Crippen LogP contribution is 2.56. The maximum absolute atomic E-state index is 8.91. The van der Waals surface area contributed by atoms with E-state index >= 15 is 0 Å². The van der Waals surface area contributed by atoms with Crippen molar-refractivity contribution in [3.05, 3.63) is 28.2 Å². The lowest BCUT2D eigenvalue weighted by Gasteiger charge is -2.54. The second-order valence-corrected chi connectivity index (χ2v) is 8.02. The number of nitriles is 1. The number of nitrogens with zero attached hydrogens (tertiary/aromatic N) is 1. The van der Waals surface area contributed by atoms with Crippen molar-refractivity contribution >= 4 is 15.9 Å². The van der Waals surface area contributed by atoms with Crippen molar-refractivity contribution in [1.82, 2.24) is 0 Å². The van der Waals surface area contributed by atoms with Gasteiger partial charge in [-0.2, -0.15) is 5.26 Å². The molecule has 5 rings (SSSR count). The molecule has 4 bridgehead atoms. The van der Waals surface area contributed by atoms with Crippen molar-refractivity contribution in [2.45, 2.75) is 32.1 Å². The molecule has 0 saturated heterocycles. The highest BCUT2D eigenvalue weighted by molar-refractivity contribution is 9.10. The fourth-order valence-electron chi connectivity index (χ4n) is 5.18. The van der Waals surface area contributed by atoms with Gasteiger partial charge in [-0.25, -0.2) is 0 Å². The summed E-state index contributed by atoms with van der Waals surface area (Å²) in [6, 6.07) is 7.74. The van der Waals surface area contributed by atoms with Crippen molar-refractivity contribution in [3.8, 4) is 11.8 Å². The molecule has 2 nitrogen and oxygen atoms in total. The fraction of sp³-hybridized carbons (Fsp3) is 0.611. The summed E-state index contributed by atoms with van der Waals surface area (Å²) in [7, 11) is 0. The van der Waals surface area contributed by atoms with Crippen LogP contribution in [0.4, 0.5) is 0 Å². The van der Waals surface area contributed by atoms with E-state index in [1.54, 1.807) is 0 Å². The van der Waals surface area contributed by atoms with Crippen molar-refractivity contribution in [2.24, 2.45) is 29.6 Å². The van der Waals surface area contributed by atoms with Gasteiger partial charge in [0.05, 0.1) is 22.7 Å². The van der Waals surface area contributed by atoms with Crippen molar-refractivity contribution in [2.75, 3.05) is 6.61 Å². The Morgan fingerprint density at radius 1 is 1.10 bits per heavy atom. The maximum atomic E-state index is 8.91. The zero-order valence-electron chi connectivity index (χ0n) is 12.1. The summed E-state index contributed by atoms with van der Waals surface area (Å²) >= 11 is 3.51. The summed E-state index contributed by atoms with van der Waals surface area (Å²) in [5, 5.41) is 8.91. The summed E-state index contributed by atoms with van der Waals surface area (Å²) in [5.41, 5.74) is 0.670. The van der Waals surface area contributed by atoms with E-state index in [1.807, 2.05) is 18.2 Å². The molecule has 4 aliphatic carbocycles. The van der Waals surface area contributed by atoms with Gasteiger partial charge in [0.25, 0.3) is 0 Å². The minimum Gasteiger partial charge on any atom is -0.492 e. The second kappa shape index (κ2) is 5.32. The van der Waals surface area contributed by atoms with Gasteiger partial charge in [0, 0.05) is 0 Å². The summed E-state index contributed by atoms with van der Waals surface area (Å²) in [5.74, 6) is 5.47. The molecule has 4 saturated carbocycles. The summed E-state index contributed by atoms with van der Waals surface area (Å²) in [6.07, 6.45) is 7.26. The molecule has 3 heteroatoms. The molecule has 0 spiro atoms. The van der Waals surface area contributed by atoms with Gasteiger partial charge >= 0.3 is 0 Å². The monoisotopic (exact) mass is 345 g/mol. The Hall–Kier alpha value is -1.01. The van der Waals surface area contributed by atoms with E-state index in [1.165, 1.54) is 32.1 Å². The minimum absolute atomic E-state index is 0.670. The van der Waals surface area contributed by atoms with Crippen LogP contribution in [0.1, 0.15) is 37.7 Å². The summed E-state index contributed by atoms with van der Waals surface area (Å²) < 4.78 is 7.00. The zero-order chi connectivity index (χ0) is 14.4. The van der Waals surface area contributed by atoms with E-state index in [-0.39, 0.29) is 0 Å². The first-order valence-electron chi connectivity index (χ1n) is 8.05. The number of hydrogen-bond acceptors (Lipinski definition) is 2. The molecule has 0 radical (unpaired) electrons. The van der Waals surface area contributed by atoms with Crippen LogP contribution in [-0.2, 0) is 0 Å². The van der Waals surface area contributed by atoms with Crippen LogP contribution in [0.5, 0.6) is 5.75 Å². The van der Waals surface area contributed by atoms with Crippen LogP contribution >= 0.6 is 15.9 Å². The van der Waals surface area contributed by atoms with E-state index < -0.39 is 0 Å². The molecule has 0 N–H and O–H groups in total. The van der Waals surface area contributed by atoms with Gasteiger partial charge in [-0.15, -0.1) is 0 Å². The predicted molar refractivity (Wildman–Crippen MR) is 84.9 cm³/mol. The molecular formula is C18H20BrNO. The van der Waals surface area contributed by atoms with Crippen molar-refractivity contribution < 1.29 is 4.74 Å². The van der Waals surface area contributed by atoms with Crippen LogP contribution in [0.2, 0.25) is 0 Å². The average molecular weight is 346 g/mol. The zero-order valence-corrected chi connectivity index (χ0v) is 13.7. The Labute approximate surface area is 134 Å². The average Bonchev–Trinajstić information content (AvgIpc) is 2.47. The lowest BCUT2D eigenvalue weighted by Crippen LogP contribution is -2.47. The Kier molecular flexibility index (Phi) is 3.46. The molecule has 4 aliphatic rings. The van der Waals surface area contributed by atoms with Crippen molar-refractivity contribution in [3.63, 3.8) is 0 Å². The topological polar surface area (TPSA) is 33.0 Å². The highest BCUT2D eigenvalue weighted by Gasteiger charge is 2.48. The van der Waals surface area contributed by atoms with E-state index in [0.717, 1.165) is 46.4 Å². The number of halogens is 1. The maximum Gasteiger partial charge on any atom is 0.133 e. The molecule has 1 aromatic rings. The molecule has 21 heavy (non-hydrogen) atoms. The molecule has 0 amide bonds. The van der Waals surface area contributed by atoms with E-state index in [0.29, 0.717) is 5.56 Å². The van der Waals surface area contributed by atoms with E-state index in [4.69, 9.17) is 10.00 Å². The summed E-state index contributed by atoms with van der Waals surface area (Å²) in [6.45, 7) is 0.847. The molecule has 1 aromatic carbocycles. The Balaban J connectivity index is 1.44. The lowest BCUT2D eigenvalue weighted by molar-refractivity contribution is -0.0530. The number of hydrogen-bond donors (Lipinski definition) is 0. The quantitative estimate of drug-likeness (QED) is 0.790. The third-order valence-corrected chi connectivity index (χ3v) is 6.53. The largest absolute Gasteiger partial charge is 0.492 e. The number of rotatable bonds is 3. The van der Waals surface area contributed by atoms with Crippen LogP contribution in [0, 0.1) is 40.9 Å². The predicted octanol–water partition coefficient (Wildman–Crippen LogP) is 4.77. The van der Waals surface area contributed by atoms with Gasteiger partial charge in [0.2, 0.25) is 0 Å². The van der Waals surface area contributed by atoms with Crippen LogP contribution < -0.4 is 4.74 Å². The van der Waals surface area contributed by atoms with Crippen LogP contribution in [-0.4, -0.2) is 6.61 Å². The van der Waals surface area contributed by atoms with Crippen LogP contribution in [0.15, 0.2) is 22.7 Å². The minimum atomic E-state index is 0.670. The number of ether oxygens (including phenoxy) is 1. The smallest absolute Gasteiger partial charge is 0.133 e. The van der Waals surface area contributed by atoms with Gasteiger partial charge in [0.1, 0.15) is 5.75 Å². The highest BCUT2D eigenvalue weighted by atomic mass is 79.9. The van der Waals surface area contributed by atoms with Crippen LogP contribution in [0.3, 0.4) is 0 Å². The molecule has 0 aliphatic heterocycles. The molecule has 110 valence electrons. The Bertz CT molecular complexity index is 563. The lowest BCUT2D eigenvalue weighted by atomic mass is 9.52. The summed E-state index contributed by atoms with van der Waals surface area (Å²) in [4.78, 5) is 0. The van der Waals surface area contributed by atoms with Gasteiger partial charge in [0.15, 0.2) is 0 Å². The van der Waals surface area contributed by atoms with E-state index in [2.05, 4.69) is 22.0 Å². The molecule has 4 fully saturated rings. The van der Waals surface area contributed by atoms with Gasteiger partial charge < -0.3 is 4.74 Å². The fourth-order valence-corrected chi connectivity index (χ4v) is 5.68. The molecule has 0 heterocycles. The third kappa shape index (κ3) is 2.48. The van der Waals surface area contributed by atoms with Gasteiger partial charge in [-0.1, -0.05) is 0 Å². The molecular weight excluding hydrogens is 326 g/mol. The Morgan fingerprint density at radius 3 is 2.33 bits per heavy atom. The molecule has 0 unspecified atom stereocenters. The first kappa shape index (κ1) is 13.6. The van der Waals surface area contributed by atoms with E-state index in [9.17, 15) is 0 Å². The van der Waals surface area contributed by atoms with Gasteiger partial charge in [-0.3, -0.25) is 0 Å². The normalized spacial score (nSPS) is 36.5. The third-order valence-electron chi connectivity index (χ3n) is 5.91. The second-order valence-electron chi connectivity index (χ2n) is 7.16.